The third kappa shape index (κ3) is 7.34. The highest BCUT2D eigenvalue weighted by Crippen LogP contribution is 2.24. The minimum atomic E-state index is -3.98. The number of aromatic nitrogens is 1. The molecule has 2 amide bonds. The van der Waals surface area contributed by atoms with Crippen molar-refractivity contribution in [3.63, 3.8) is 0 Å². The molecule has 13 heteroatoms. The van der Waals surface area contributed by atoms with Crippen molar-refractivity contribution in [2.45, 2.75) is 32.4 Å². The molecule has 0 saturated carbocycles. The summed E-state index contributed by atoms with van der Waals surface area (Å²) in [6, 6.07) is 10.6. The van der Waals surface area contributed by atoms with E-state index in [4.69, 9.17) is 4.74 Å². The number of nitrogens with zero attached hydrogens (tertiary/aromatic N) is 2. The van der Waals surface area contributed by atoms with Crippen LogP contribution >= 0.6 is 22.7 Å². The quantitative estimate of drug-likeness (QED) is 0.314. The minimum absolute atomic E-state index is 0.0319. The van der Waals surface area contributed by atoms with Crippen LogP contribution < -0.4 is 14.2 Å². The first-order valence-corrected chi connectivity index (χ1v) is 14.2. The van der Waals surface area contributed by atoms with Crippen molar-refractivity contribution >= 4 is 44.7 Å². The molecule has 194 valence electrons. The van der Waals surface area contributed by atoms with Gasteiger partial charge in [-0.1, -0.05) is 18.2 Å². The largest absolute Gasteiger partial charge is 0.497 e. The Labute approximate surface area is 218 Å². The number of thiophene rings is 1. The van der Waals surface area contributed by atoms with Gasteiger partial charge in [-0.2, -0.15) is 8.42 Å². The summed E-state index contributed by atoms with van der Waals surface area (Å²) >= 11 is 2.82. The summed E-state index contributed by atoms with van der Waals surface area (Å²) in [6.07, 6.45) is 0.0499. The van der Waals surface area contributed by atoms with Crippen LogP contribution in [0.1, 0.15) is 43.3 Å². The summed E-state index contributed by atoms with van der Waals surface area (Å²) in [5, 5.41) is 13.2. The van der Waals surface area contributed by atoms with E-state index >= 15 is 0 Å². The van der Waals surface area contributed by atoms with Gasteiger partial charge in [-0.15, -0.1) is 22.7 Å². The summed E-state index contributed by atoms with van der Waals surface area (Å²) in [5.74, 6) is -0.753. The van der Waals surface area contributed by atoms with Gasteiger partial charge >= 0.3 is 10.2 Å². The van der Waals surface area contributed by atoms with Crippen molar-refractivity contribution in [1.29, 1.82) is 0 Å². The molecule has 3 rings (SSSR count). The first-order valence-electron chi connectivity index (χ1n) is 11.0. The van der Waals surface area contributed by atoms with Crippen LogP contribution in [0.3, 0.4) is 0 Å². The van der Waals surface area contributed by atoms with E-state index < -0.39 is 28.1 Å². The number of carbonyl (C=O) groups is 2. The average molecular weight is 553 g/mol. The predicted octanol–water partition coefficient (Wildman–Crippen LogP) is 2.41. The maximum atomic E-state index is 13.3. The number of aliphatic hydroxyl groups is 1. The SMILES string of the molecule is CNS(=O)(=O)NC(=O)c1nc(CN(CCCc2cccs2)C(=O)[C@H](O)c2ccc(OC)cc2)sc1C. The Morgan fingerprint density at radius 3 is 2.56 bits per heavy atom. The van der Waals surface area contributed by atoms with E-state index in [1.807, 2.05) is 27.0 Å². The lowest BCUT2D eigenvalue weighted by Crippen LogP contribution is -2.38. The molecular formula is C23H28N4O6S3. The maximum absolute atomic E-state index is 13.3. The van der Waals surface area contributed by atoms with Crippen LogP contribution in [0, 0.1) is 6.92 Å². The molecule has 2 aromatic heterocycles. The van der Waals surface area contributed by atoms with Crippen LogP contribution in [0.2, 0.25) is 0 Å². The lowest BCUT2D eigenvalue weighted by molar-refractivity contribution is -0.141. The number of aliphatic hydroxyl groups excluding tert-OH is 1. The number of hydrogen-bond donors (Lipinski definition) is 3. The first-order chi connectivity index (χ1) is 17.1. The van der Waals surface area contributed by atoms with Crippen LogP contribution in [0.25, 0.3) is 0 Å². The van der Waals surface area contributed by atoms with Gasteiger partial charge in [0.15, 0.2) is 6.10 Å². The third-order valence-corrected chi connectivity index (χ3v) is 8.17. The Balaban J connectivity index is 1.78. The standard InChI is InChI=1S/C23H28N4O6S3/c1-15-20(22(29)26-36(31,32)24-2)25-19(35-15)14-27(12-4-6-18-7-5-13-34-18)23(30)21(28)16-8-10-17(33-3)11-9-16/h5,7-11,13,21,24,28H,4,6,12,14H2,1-3H3,(H,26,29)/t21-/m1/s1. The molecule has 0 saturated heterocycles. The van der Waals surface area contributed by atoms with Crippen molar-refractivity contribution in [3.05, 3.63) is 67.8 Å². The maximum Gasteiger partial charge on any atom is 0.301 e. The Hall–Kier alpha value is -2.84. The molecule has 1 aromatic carbocycles. The highest BCUT2D eigenvalue weighted by Gasteiger charge is 2.26. The molecule has 0 radical (unpaired) electrons. The molecule has 3 aromatic rings. The monoisotopic (exact) mass is 552 g/mol. The molecule has 0 aliphatic rings. The fourth-order valence-corrected chi connectivity index (χ4v) is 5.52. The normalized spacial score (nSPS) is 12.2. The molecule has 0 aliphatic carbocycles. The summed E-state index contributed by atoms with van der Waals surface area (Å²) in [5.41, 5.74) is 0.396. The van der Waals surface area contributed by atoms with Gasteiger partial charge < -0.3 is 14.7 Å². The Morgan fingerprint density at radius 1 is 1.22 bits per heavy atom. The summed E-state index contributed by atoms with van der Waals surface area (Å²) in [6.45, 7) is 2.07. The molecule has 0 unspecified atom stereocenters. The summed E-state index contributed by atoms with van der Waals surface area (Å²) in [7, 11) is -1.27. The number of carbonyl (C=O) groups excluding carboxylic acids is 2. The van der Waals surface area contributed by atoms with Crippen molar-refractivity contribution in [2.24, 2.45) is 0 Å². The average Bonchev–Trinajstić information content (AvgIpc) is 3.51. The van der Waals surface area contributed by atoms with Crippen molar-refractivity contribution < 1.29 is 27.9 Å². The van der Waals surface area contributed by atoms with Crippen molar-refractivity contribution in [1.82, 2.24) is 19.3 Å². The predicted molar refractivity (Wildman–Crippen MR) is 138 cm³/mol. The van der Waals surface area contributed by atoms with Crippen LogP contribution in [0.15, 0.2) is 41.8 Å². The number of benzene rings is 1. The van der Waals surface area contributed by atoms with E-state index in [2.05, 4.69) is 4.98 Å². The van der Waals surface area contributed by atoms with Gasteiger partial charge in [0.25, 0.3) is 11.8 Å². The van der Waals surface area contributed by atoms with Crippen LogP contribution in [0.4, 0.5) is 0 Å². The second-order valence-corrected chi connectivity index (χ2v) is 11.7. The van der Waals surface area contributed by atoms with Gasteiger partial charge in [-0.05, 0) is 48.9 Å². The number of rotatable bonds is 12. The molecule has 3 N–H and O–H groups in total. The molecule has 36 heavy (non-hydrogen) atoms. The Kier molecular flexibility index (Phi) is 9.56. The zero-order chi connectivity index (χ0) is 26.3. The zero-order valence-electron chi connectivity index (χ0n) is 20.1. The van der Waals surface area contributed by atoms with Crippen LogP contribution in [-0.4, -0.2) is 55.9 Å². The van der Waals surface area contributed by atoms with Crippen molar-refractivity contribution in [2.75, 3.05) is 20.7 Å². The number of methoxy groups -OCH3 is 1. The second-order valence-electron chi connectivity index (χ2n) is 7.77. The molecule has 0 spiro atoms. The van der Waals surface area contributed by atoms with Gasteiger partial charge in [-0.3, -0.25) is 9.59 Å². The topological polar surface area (TPSA) is 138 Å². The lowest BCUT2D eigenvalue weighted by Gasteiger charge is -2.24. The highest BCUT2D eigenvalue weighted by molar-refractivity contribution is 7.88. The second kappa shape index (κ2) is 12.4. The fourth-order valence-electron chi connectivity index (χ4n) is 3.38. The number of aryl methyl sites for hydroxylation is 2. The highest BCUT2D eigenvalue weighted by atomic mass is 32.2. The summed E-state index contributed by atoms with van der Waals surface area (Å²) in [4.78, 5) is 33.2. The molecule has 0 bridgehead atoms. The van der Waals surface area contributed by atoms with E-state index in [0.29, 0.717) is 34.2 Å². The number of nitrogens with one attached hydrogen (secondary N) is 2. The van der Waals surface area contributed by atoms with Crippen LogP contribution in [-0.2, 0) is 28.0 Å². The van der Waals surface area contributed by atoms with Gasteiger partial charge in [-0.25, -0.2) is 14.4 Å². The number of amides is 2. The molecule has 10 nitrogen and oxygen atoms in total. The minimum Gasteiger partial charge on any atom is -0.497 e. The lowest BCUT2D eigenvalue weighted by atomic mass is 10.1. The van der Waals surface area contributed by atoms with E-state index in [0.717, 1.165) is 6.42 Å². The van der Waals surface area contributed by atoms with E-state index in [1.54, 1.807) is 42.5 Å². The summed E-state index contributed by atoms with van der Waals surface area (Å²) < 4.78 is 32.4. The third-order valence-electron chi connectivity index (χ3n) is 5.29. The molecular weight excluding hydrogens is 524 g/mol. The number of ether oxygens (including phenoxy) is 1. The van der Waals surface area contributed by atoms with E-state index in [-0.39, 0.29) is 12.2 Å². The molecule has 0 fully saturated rings. The van der Waals surface area contributed by atoms with Gasteiger partial charge in [0, 0.05) is 23.3 Å². The first kappa shape index (κ1) is 27.7. The van der Waals surface area contributed by atoms with E-state index in [9.17, 15) is 23.1 Å². The fraction of sp³-hybridized carbons (Fsp3) is 0.348. The van der Waals surface area contributed by atoms with Crippen molar-refractivity contribution in [3.8, 4) is 5.75 Å². The van der Waals surface area contributed by atoms with Crippen LogP contribution in [0.5, 0.6) is 5.75 Å². The molecule has 2 heterocycles. The van der Waals surface area contributed by atoms with Gasteiger partial charge in [0.2, 0.25) is 0 Å². The number of thiazole rings is 1. The molecule has 1 atom stereocenters. The Bertz CT molecular complexity index is 1270. The van der Waals surface area contributed by atoms with Gasteiger partial charge in [0.05, 0.1) is 13.7 Å². The smallest absolute Gasteiger partial charge is 0.301 e. The number of hydrogen-bond acceptors (Lipinski definition) is 9. The van der Waals surface area contributed by atoms with Gasteiger partial charge in [0.1, 0.15) is 16.5 Å². The Morgan fingerprint density at radius 2 is 1.94 bits per heavy atom. The van der Waals surface area contributed by atoms with E-state index in [1.165, 1.54) is 35.3 Å². The zero-order valence-corrected chi connectivity index (χ0v) is 22.5. The molecule has 0 aliphatic heterocycles.